The summed E-state index contributed by atoms with van der Waals surface area (Å²) >= 11 is 1.74. The molecule has 0 atom stereocenters. The van der Waals surface area contributed by atoms with Crippen molar-refractivity contribution in [1.82, 2.24) is 15.6 Å². The molecule has 0 radical (unpaired) electrons. The maximum atomic E-state index is 5.37. The highest BCUT2D eigenvalue weighted by molar-refractivity contribution is 7.11. The average Bonchev–Trinajstić information content (AvgIpc) is 2.99. The monoisotopic (exact) mass is 346 g/mol. The Morgan fingerprint density at radius 1 is 1.29 bits per heavy atom. The van der Waals surface area contributed by atoms with Gasteiger partial charge in [0.25, 0.3) is 0 Å². The molecule has 0 spiro atoms. The van der Waals surface area contributed by atoms with Gasteiger partial charge < -0.3 is 15.4 Å². The third-order valence-corrected chi connectivity index (χ3v) is 4.51. The molecule has 0 aliphatic rings. The van der Waals surface area contributed by atoms with Gasteiger partial charge in [-0.25, -0.2) is 9.98 Å². The second-order valence-electron chi connectivity index (χ2n) is 5.54. The fourth-order valence-electron chi connectivity index (χ4n) is 2.28. The van der Waals surface area contributed by atoms with Crippen LogP contribution in [0.1, 0.15) is 27.9 Å². The standard InChI is InChI=1S/C18H26N4OS/c1-5-19-18(20-9-8-17-21-11-14(3)24-17)22-12-15-7-6-13(2)16(10-15)23-4/h6-7,10-11H,5,8-9,12H2,1-4H3,(H2,19,20,22). The summed E-state index contributed by atoms with van der Waals surface area (Å²) in [4.78, 5) is 10.3. The third kappa shape index (κ3) is 5.53. The van der Waals surface area contributed by atoms with E-state index in [-0.39, 0.29) is 0 Å². The summed E-state index contributed by atoms with van der Waals surface area (Å²) in [5.74, 6) is 1.73. The fourth-order valence-corrected chi connectivity index (χ4v) is 3.07. The molecule has 0 aliphatic heterocycles. The first kappa shape index (κ1) is 18.3. The molecule has 0 fully saturated rings. The molecule has 0 saturated carbocycles. The number of aromatic nitrogens is 1. The number of nitrogens with zero attached hydrogens (tertiary/aromatic N) is 2. The van der Waals surface area contributed by atoms with Crippen LogP contribution in [0.3, 0.4) is 0 Å². The van der Waals surface area contributed by atoms with Gasteiger partial charge in [-0.2, -0.15) is 0 Å². The highest BCUT2D eigenvalue weighted by Gasteiger charge is 2.03. The molecule has 1 aromatic carbocycles. The van der Waals surface area contributed by atoms with Crippen molar-refractivity contribution in [3.8, 4) is 5.75 Å². The van der Waals surface area contributed by atoms with E-state index in [1.54, 1.807) is 18.4 Å². The molecule has 1 heterocycles. The SMILES string of the molecule is CCNC(=NCc1ccc(C)c(OC)c1)NCCc1ncc(C)s1. The van der Waals surface area contributed by atoms with E-state index in [0.717, 1.165) is 47.4 Å². The molecule has 0 amide bonds. The van der Waals surface area contributed by atoms with Gasteiger partial charge >= 0.3 is 0 Å². The van der Waals surface area contributed by atoms with Crippen LogP contribution in [0.2, 0.25) is 0 Å². The molecular weight excluding hydrogens is 320 g/mol. The molecule has 0 aliphatic carbocycles. The van der Waals surface area contributed by atoms with Gasteiger partial charge in [0.2, 0.25) is 0 Å². The Hall–Kier alpha value is -2.08. The second-order valence-corrected chi connectivity index (χ2v) is 6.86. The molecule has 130 valence electrons. The summed E-state index contributed by atoms with van der Waals surface area (Å²) < 4.78 is 5.37. The number of aryl methyl sites for hydroxylation is 2. The van der Waals surface area contributed by atoms with Gasteiger partial charge in [-0.05, 0) is 38.0 Å². The minimum atomic E-state index is 0.613. The number of nitrogens with one attached hydrogen (secondary N) is 2. The molecule has 2 rings (SSSR count). The first-order valence-corrected chi connectivity index (χ1v) is 9.01. The van der Waals surface area contributed by atoms with E-state index in [0.29, 0.717) is 6.54 Å². The normalized spacial score (nSPS) is 11.4. The van der Waals surface area contributed by atoms with Gasteiger partial charge in [0, 0.05) is 30.6 Å². The minimum absolute atomic E-state index is 0.613. The largest absolute Gasteiger partial charge is 0.496 e. The van der Waals surface area contributed by atoms with Crippen LogP contribution in [-0.4, -0.2) is 31.1 Å². The Balaban J connectivity index is 1.92. The molecule has 6 heteroatoms. The summed E-state index contributed by atoms with van der Waals surface area (Å²) in [5, 5.41) is 7.79. The predicted octanol–water partition coefficient (Wildman–Crippen LogP) is 3.07. The van der Waals surface area contributed by atoms with E-state index < -0.39 is 0 Å². The predicted molar refractivity (Wildman–Crippen MR) is 101 cm³/mol. The second kappa shape index (κ2) is 9.27. The molecule has 0 unspecified atom stereocenters. The van der Waals surface area contributed by atoms with Crippen molar-refractivity contribution in [2.75, 3.05) is 20.2 Å². The Labute approximate surface area is 148 Å². The summed E-state index contributed by atoms with van der Waals surface area (Å²) in [6.45, 7) is 8.45. The molecule has 2 N–H and O–H groups in total. The molecule has 0 saturated heterocycles. The van der Waals surface area contributed by atoms with E-state index in [9.17, 15) is 0 Å². The van der Waals surface area contributed by atoms with Gasteiger partial charge in [-0.3, -0.25) is 0 Å². The molecule has 24 heavy (non-hydrogen) atoms. The number of hydrogen-bond acceptors (Lipinski definition) is 4. The number of benzene rings is 1. The zero-order chi connectivity index (χ0) is 17.4. The number of guanidine groups is 1. The first-order valence-electron chi connectivity index (χ1n) is 8.19. The van der Waals surface area contributed by atoms with E-state index in [1.807, 2.05) is 19.2 Å². The van der Waals surface area contributed by atoms with E-state index in [4.69, 9.17) is 4.74 Å². The van der Waals surface area contributed by atoms with E-state index in [2.05, 4.69) is 46.6 Å². The number of hydrogen-bond donors (Lipinski definition) is 2. The number of aliphatic imine (C=N–C) groups is 1. The zero-order valence-corrected chi connectivity index (χ0v) is 15.7. The first-order chi connectivity index (χ1) is 11.6. The van der Waals surface area contributed by atoms with Crippen LogP contribution in [0.15, 0.2) is 29.4 Å². The number of methoxy groups -OCH3 is 1. The maximum Gasteiger partial charge on any atom is 0.191 e. The van der Waals surface area contributed by atoms with Crippen LogP contribution in [0.5, 0.6) is 5.75 Å². The van der Waals surface area contributed by atoms with Gasteiger partial charge in [0.15, 0.2) is 5.96 Å². The van der Waals surface area contributed by atoms with Crippen molar-refractivity contribution in [3.05, 3.63) is 45.4 Å². The molecule has 2 aromatic rings. The Bertz CT molecular complexity index is 681. The lowest BCUT2D eigenvalue weighted by molar-refractivity contribution is 0.411. The lowest BCUT2D eigenvalue weighted by atomic mass is 10.1. The van der Waals surface area contributed by atoms with Crippen molar-refractivity contribution >= 4 is 17.3 Å². The number of thiazole rings is 1. The summed E-state index contributed by atoms with van der Waals surface area (Å²) in [6.07, 6.45) is 2.82. The molecular formula is C18H26N4OS. The van der Waals surface area contributed by atoms with Crippen LogP contribution in [-0.2, 0) is 13.0 Å². The van der Waals surface area contributed by atoms with E-state index >= 15 is 0 Å². The Morgan fingerprint density at radius 3 is 2.79 bits per heavy atom. The summed E-state index contributed by atoms with van der Waals surface area (Å²) in [6, 6.07) is 6.19. The van der Waals surface area contributed by atoms with Gasteiger partial charge in [-0.15, -0.1) is 11.3 Å². The van der Waals surface area contributed by atoms with Crippen molar-refractivity contribution < 1.29 is 4.74 Å². The molecule has 0 bridgehead atoms. The van der Waals surface area contributed by atoms with Gasteiger partial charge in [0.1, 0.15) is 5.75 Å². The Kier molecular flexibility index (Phi) is 7.06. The van der Waals surface area contributed by atoms with Crippen LogP contribution in [0.25, 0.3) is 0 Å². The highest BCUT2D eigenvalue weighted by atomic mass is 32.1. The van der Waals surface area contributed by atoms with Crippen LogP contribution >= 0.6 is 11.3 Å². The summed E-state index contributed by atoms with van der Waals surface area (Å²) in [7, 11) is 1.70. The third-order valence-electron chi connectivity index (χ3n) is 3.54. The summed E-state index contributed by atoms with van der Waals surface area (Å²) in [5.41, 5.74) is 2.26. The topological polar surface area (TPSA) is 58.5 Å². The highest BCUT2D eigenvalue weighted by Crippen LogP contribution is 2.19. The lowest BCUT2D eigenvalue weighted by Gasteiger charge is -2.11. The van der Waals surface area contributed by atoms with Gasteiger partial charge in [0.05, 0.1) is 18.7 Å². The zero-order valence-electron chi connectivity index (χ0n) is 14.8. The maximum absolute atomic E-state index is 5.37. The molecule has 1 aromatic heterocycles. The lowest BCUT2D eigenvalue weighted by Crippen LogP contribution is -2.38. The van der Waals surface area contributed by atoms with Crippen molar-refractivity contribution in [2.45, 2.75) is 33.7 Å². The quantitative estimate of drug-likeness (QED) is 0.597. The van der Waals surface area contributed by atoms with E-state index in [1.165, 1.54) is 4.88 Å². The van der Waals surface area contributed by atoms with Crippen molar-refractivity contribution in [3.63, 3.8) is 0 Å². The van der Waals surface area contributed by atoms with Crippen molar-refractivity contribution in [2.24, 2.45) is 4.99 Å². The van der Waals surface area contributed by atoms with Crippen LogP contribution in [0, 0.1) is 13.8 Å². The van der Waals surface area contributed by atoms with Crippen molar-refractivity contribution in [1.29, 1.82) is 0 Å². The minimum Gasteiger partial charge on any atom is -0.496 e. The molecule has 5 nitrogen and oxygen atoms in total. The van der Waals surface area contributed by atoms with Crippen LogP contribution in [0.4, 0.5) is 0 Å². The van der Waals surface area contributed by atoms with Gasteiger partial charge in [-0.1, -0.05) is 12.1 Å². The average molecular weight is 347 g/mol. The number of rotatable bonds is 7. The number of ether oxygens (including phenoxy) is 1. The fraction of sp³-hybridized carbons (Fsp3) is 0.444. The van der Waals surface area contributed by atoms with Crippen LogP contribution < -0.4 is 15.4 Å². The Morgan fingerprint density at radius 2 is 2.12 bits per heavy atom. The smallest absolute Gasteiger partial charge is 0.191 e.